The number of aliphatic hydroxyl groups is 2. The standard InChI is InChI=1S/C40H58N4O8/c1-13-40(51-25(10)22(7)32(46)21(6)24(9)45)36(49)28-26-27(33(47)23(8)35(28)52-40)34(48)31(41-37(50)38(11,12)20(4)5)30-29(26)42-39(43-30)14-16-44(17-15-39)18-19(2)3/h13,19-22,24-25,32,45-48H,1,14-18H2,2-12H3,(H,41,50)/t21-,22+,24+,25?,32-,40+/m1/s1. The van der Waals surface area contributed by atoms with Crippen LogP contribution in [0.5, 0.6) is 17.2 Å². The van der Waals surface area contributed by atoms with Crippen molar-refractivity contribution in [2.45, 2.75) is 119 Å². The Morgan fingerprint density at radius 2 is 1.60 bits per heavy atom. The minimum Gasteiger partial charge on any atom is -0.507 e. The Morgan fingerprint density at radius 1 is 1.00 bits per heavy atom. The molecule has 1 unspecified atom stereocenters. The van der Waals surface area contributed by atoms with Crippen molar-refractivity contribution in [1.29, 1.82) is 0 Å². The molecule has 3 aliphatic heterocycles. The van der Waals surface area contributed by atoms with Crippen LogP contribution in [0.25, 0.3) is 10.8 Å². The third kappa shape index (κ3) is 6.50. The predicted octanol–water partition coefficient (Wildman–Crippen LogP) is 4.76. The number of benzene rings is 2. The van der Waals surface area contributed by atoms with Gasteiger partial charge in [-0.05, 0) is 38.7 Å². The fourth-order valence-electron chi connectivity index (χ4n) is 7.33. The number of phenolic OH excluding ortho intramolecular Hbond substituents is 2. The molecule has 0 saturated carbocycles. The highest BCUT2D eigenvalue weighted by Gasteiger charge is 2.52. The van der Waals surface area contributed by atoms with E-state index < -0.39 is 58.5 Å². The Labute approximate surface area is 306 Å². The van der Waals surface area contributed by atoms with Crippen molar-refractivity contribution in [1.82, 2.24) is 4.90 Å². The number of carbonyl (C=O) groups excluding carboxylic acids is 2. The van der Waals surface area contributed by atoms with Gasteiger partial charge in [0.2, 0.25) is 11.7 Å². The number of fused-ring (bicyclic) bond motifs is 5. The number of aliphatic hydroxyl groups excluding tert-OH is 2. The summed E-state index contributed by atoms with van der Waals surface area (Å²) in [5.74, 6) is -4.27. The summed E-state index contributed by atoms with van der Waals surface area (Å²) in [7, 11) is 0. The molecule has 6 atom stereocenters. The van der Waals surface area contributed by atoms with Crippen molar-refractivity contribution in [2.24, 2.45) is 39.1 Å². The molecule has 0 aromatic heterocycles. The maximum Gasteiger partial charge on any atom is 0.295 e. The van der Waals surface area contributed by atoms with E-state index in [1.807, 2.05) is 27.7 Å². The number of phenols is 2. The maximum atomic E-state index is 14.8. The fraction of sp³-hybridized carbons (Fsp3) is 0.650. The van der Waals surface area contributed by atoms with Gasteiger partial charge >= 0.3 is 0 Å². The molecule has 1 spiro atoms. The molecule has 3 aliphatic rings. The highest BCUT2D eigenvalue weighted by atomic mass is 16.7. The quantitative estimate of drug-likeness (QED) is 0.153. The average Bonchev–Trinajstić information content (AvgIpc) is 3.59. The summed E-state index contributed by atoms with van der Waals surface area (Å²) in [6.45, 7) is 26.5. The highest BCUT2D eigenvalue weighted by molar-refractivity contribution is 6.20. The van der Waals surface area contributed by atoms with Gasteiger partial charge in [-0.3, -0.25) is 19.6 Å². The molecule has 5 N–H and O–H groups in total. The summed E-state index contributed by atoms with van der Waals surface area (Å²) in [6, 6.07) is 0. The van der Waals surface area contributed by atoms with Crippen molar-refractivity contribution in [2.75, 3.05) is 25.0 Å². The van der Waals surface area contributed by atoms with Crippen LogP contribution in [0.3, 0.4) is 0 Å². The normalized spacial score (nSPS) is 22.7. The van der Waals surface area contributed by atoms with Gasteiger partial charge in [-0.1, -0.05) is 62.0 Å². The number of anilines is 1. The van der Waals surface area contributed by atoms with Crippen molar-refractivity contribution >= 4 is 28.2 Å². The third-order valence-corrected chi connectivity index (χ3v) is 12.0. The largest absolute Gasteiger partial charge is 0.507 e. The van der Waals surface area contributed by atoms with Gasteiger partial charge in [0, 0.05) is 60.7 Å². The molecule has 52 heavy (non-hydrogen) atoms. The topological polar surface area (TPSA) is 174 Å². The molecule has 12 nitrogen and oxygen atoms in total. The van der Waals surface area contributed by atoms with Crippen LogP contribution in [0, 0.1) is 36.0 Å². The van der Waals surface area contributed by atoms with Crippen LogP contribution in [-0.2, 0) is 9.53 Å². The minimum absolute atomic E-state index is 0.0300. The first-order valence-electron chi connectivity index (χ1n) is 18.6. The second kappa shape index (κ2) is 14.0. The molecular weight excluding hydrogens is 664 g/mol. The van der Waals surface area contributed by atoms with Gasteiger partial charge in [-0.15, -0.1) is 0 Å². The van der Waals surface area contributed by atoms with Crippen LogP contribution >= 0.6 is 0 Å². The van der Waals surface area contributed by atoms with Crippen LogP contribution in [-0.4, -0.2) is 86.4 Å². The number of piperidine rings is 1. The van der Waals surface area contributed by atoms with Gasteiger partial charge in [0.05, 0.1) is 34.6 Å². The molecule has 2 aromatic carbocycles. The Kier molecular flexibility index (Phi) is 10.7. The number of hydrogen-bond acceptors (Lipinski definition) is 11. The molecule has 5 rings (SSSR count). The number of aromatic hydroxyl groups is 2. The molecule has 12 heteroatoms. The number of ketones is 1. The SMILES string of the molecule is C=C[C@]1(OC(C)[C@H](C)[C@H](O)[C@H](C)[C@H](C)O)Oc2c(C)c(O)c3c(O)c(NC(=O)C(C)(C)C(C)C)c4c(c3c2C1=O)=NC1(CCN(CC(C)C)CC1)N=4. The van der Waals surface area contributed by atoms with Crippen LogP contribution < -0.4 is 20.8 Å². The number of nitrogens with one attached hydrogen (secondary N) is 1. The van der Waals surface area contributed by atoms with E-state index in [1.165, 1.54) is 6.08 Å². The molecule has 3 heterocycles. The Bertz CT molecular complexity index is 1900. The lowest BCUT2D eigenvalue weighted by molar-refractivity contribution is -0.163. The maximum absolute atomic E-state index is 14.8. The molecule has 0 aliphatic carbocycles. The third-order valence-electron chi connectivity index (χ3n) is 12.0. The number of likely N-dealkylation sites (tertiary alicyclic amines) is 1. The molecule has 0 bridgehead atoms. The molecule has 1 amide bonds. The minimum atomic E-state index is -2.04. The van der Waals surface area contributed by atoms with Gasteiger partial charge in [0.15, 0.2) is 11.4 Å². The number of hydrogen-bond donors (Lipinski definition) is 5. The van der Waals surface area contributed by atoms with Gasteiger partial charge in [0.25, 0.3) is 5.79 Å². The second-order valence-corrected chi connectivity index (χ2v) is 16.7. The number of rotatable bonds is 12. The number of amides is 1. The monoisotopic (exact) mass is 722 g/mol. The Hall–Kier alpha value is -3.58. The highest BCUT2D eigenvalue weighted by Crippen LogP contribution is 2.50. The first kappa shape index (κ1) is 39.6. The molecular formula is C40H58N4O8. The first-order valence-corrected chi connectivity index (χ1v) is 18.6. The Balaban J connectivity index is 1.72. The lowest BCUT2D eigenvalue weighted by atomic mass is 9.80. The summed E-state index contributed by atoms with van der Waals surface area (Å²) in [5.41, 5.74) is -1.48. The average molecular weight is 723 g/mol. The van der Waals surface area contributed by atoms with Crippen LogP contribution in [0.15, 0.2) is 22.6 Å². The van der Waals surface area contributed by atoms with Gasteiger partial charge < -0.3 is 40.1 Å². The number of carbonyl (C=O) groups is 2. The smallest absolute Gasteiger partial charge is 0.295 e. The van der Waals surface area contributed by atoms with E-state index in [-0.39, 0.29) is 61.6 Å². The molecule has 0 radical (unpaired) electrons. The summed E-state index contributed by atoms with van der Waals surface area (Å²) < 4.78 is 12.7. The van der Waals surface area contributed by atoms with Crippen molar-refractivity contribution < 1.29 is 39.5 Å². The van der Waals surface area contributed by atoms with Crippen LogP contribution in [0.2, 0.25) is 0 Å². The van der Waals surface area contributed by atoms with E-state index in [9.17, 15) is 30.0 Å². The van der Waals surface area contributed by atoms with Crippen LogP contribution in [0.4, 0.5) is 5.69 Å². The summed E-state index contributed by atoms with van der Waals surface area (Å²) in [5, 5.41) is 48.5. The second-order valence-electron chi connectivity index (χ2n) is 16.7. The van der Waals surface area contributed by atoms with Crippen molar-refractivity contribution in [3.05, 3.63) is 34.5 Å². The number of Topliss-reactive ketones (excluding diaryl/α,β-unsaturated/α-hetero) is 1. The summed E-state index contributed by atoms with van der Waals surface area (Å²) in [6.07, 6.45) is -0.0777. The van der Waals surface area contributed by atoms with Gasteiger partial charge in [-0.2, -0.15) is 0 Å². The zero-order chi connectivity index (χ0) is 38.8. The van der Waals surface area contributed by atoms with Gasteiger partial charge in [0.1, 0.15) is 22.5 Å². The first-order chi connectivity index (χ1) is 24.1. The van der Waals surface area contributed by atoms with Crippen LogP contribution in [0.1, 0.15) is 98.0 Å². The molecule has 2 aromatic rings. The van der Waals surface area contributed by atoms with E-state index in [0.29, 0.717) is 18.8 Å². The van der Waals surface area contributed by atoms with Crippen molar-refractivity contribution in [3.8, 4) is 17.2 Å². The van der Waals surface area contributed by atoms with E-state index in [1.54, 1.807) is 34.6 Å². The molecule has 286 valence electrons. The van der Waals surface area contributed by atoms with E-state index in [0.717, 1.165) is 19.6 Å². The number of nitrogens with zero attached hydrogens (tertiary/aromatic N) is 3. The van der Waals surface area contributed by atoms with E-state index in [4.69, 9.17) is 19.5 Å². The Morgan fingerprint density at radius 3 is 2.13 bits per heavy atom. The molecule has 1 saturated heterocycles. The predicted molar refractivity (Wildman–Crippen MR) is 199 cm³/mol. The van der Waals surface area contributed by atoms with Gasteiger partial charge in [-0.25, -0.2) is 0 Å². The molecule has 1 fully saturated rings. The zero-order valence-electron chi connectivity index (χ0n) is 32.6. The fourth-order valence-corrected chi connectivity index (χ4v) is 7.33. The summed E-state index contributed by atoms with van der Waals surface area (Å²) >= 11 is 0. The van der Waals surface area contributed by atoms with E-state index >= 15 is 0 Å². The zero-order valence-corrected chi connectivity index (χ0v) is 32.6. The summed E-state index contributed by atoms with van der Waals surface area (Å²) in [4.78, 5) is 41.2. The number of ether oxygens (including phenoxy) is 2. The van der Waals surface area contributed by atoms with E-state index in [2.05, 4.69) is 30.6 Å². The lowest BCUT2D eigenvalue weighted by Crippen LogP contribution is -2.47. The van der Waals surface area contributed by atoms with Crippen molar-refractivity contribution in [3.63, 3.8) is 0 Å². The lowest BCUT2D eigenvalue weighted by Gasteiger charge is -2.36.